The lowest BCUT2D eigenvalue weighted by Gasteiger charge is -2.54. The standard InChI is InChI=1S/C21H43B/c1-11-13-18(22)15-19(6,7)20(8,9)17(5)21(10,12-2)14-16(3)4/h16-18H,11-15H2,1-10H3. The van der Waals surface area contributed by atoms with E-state index in [-0.39, 0.29) is 10.8 Å². The average molecular weight is 306 g/mol. The molecule has 0 spiro atoms. The SMILES string of the molecule is [B]C(CCC)CC(C)(C)C(C)(C)C(C)C(C)(CC)CC(C)C. The highest BCUT2D eigenvalue weighted by molar-refractivity contribution is 6.11. The van der Waals surface area contributed by atoms with Crippen LogP contribution in [0.5, 0.6) is 0 Å². The average Bonchev–Trinajstić information content (AvgIpc) is 2.36. The first kappa shape index (κ1) is 22.1. The predicted octanol–water partition coefficient (Wildman–Crippen LogP) is 7.28. The minimum atomic E-state index is 0.258. The molecule has 0 fully saturated rings. The van der Waals surface area contributed by atoms with Gasteiger partial charge in [-0.05, 0) is 34.5 Å². The third-order valence-corrected chi connectivity index (χ3v) is 6.99. The maximum atomic E-state index is 6.39. The lowest BCUT2D eigenvalue weighted by atomic mass is 9.50. The van der Waals surface area contributed by atoms with Gasteiger partial charge >= 0.3 is 0 Å². The van der Waals surface area contributed by atoms with Gasteiger partial charge in [-0.1, -0.05) is 101 Å². The minimum absolute atomic E-state index is 0.258. The largest absolute Gasteiger partial charge is 0.0769 e. The molecule has 2 radical (unpaired) electrons. The van der Waals surface area contributed by atoms with E-state index < -0.39 is 0 Å². The fourth-order valence-corrected chi connectivity index (χ4v) is 4.41. The van der Waals surface area contributed by atoms with Crippen LogP contribution in [0.25, 0.3) is 0 Å². The van der Waals surface area contributed by atoms with E-state index in [1.165, 1.54) is 19.3 Å². The first-order valence-corrected chi connectivity index (χ1v) is 9.59. The summed E-state index contributed by atoms with van der Waals surface area (Å²) in [6, 6.07) is 0. The molecule has 0 nitrogen and oxygen atoms in total. The van der Waals surface area contributed by atoms with Crippen molar-refractivity contribution in [2.75, 3.05) is 0 Å². The van der Waals surface area contributed by atoms with E-state index in [1.54, 1.807) is 0 Å². The first-order valence-electron chi connectivity index (χ1n) is 9.59. The Balaban J connectivity index is 5.31. The van der Waals surface area contributed by atoms with Gasteiger partial charge in [0.15, 0.2) is 0 Å². The molecular formula is C21H43B. The topological polar surface area (TPSA) is 0 Å². The van der Waals surface area contributed by atoms with Gasteiger partial charge in [-0.15, -0.1) is 0 Å². The Morgan fingerprint density at radius 3 is 1.73 bits per heavy atom. The molecule has 0 heterocycles. The number of hydrogen-bond donors (Lipinski definition) is 0. The van der Waals surface area contributed by atoms with Crippen LogP contribution in [0.2, 0.25) is 5.82 Å². The van der Waals surface area contributed by atoms with E-state index in [0.29, 0.717) is 17.2 Å². The maximum absolute atomic E-state index is 6.39. The molecule has 0 bridgehead atoms. The van der Waals surface area contributed by atoms with E-state index in [1.807, 2.05) is 0 Å². The van der Waals surface area contributed by atoms with Crippen LogP contribution in [0.15, 0.2) is 0 Å². The zero-order chi connectivity index (χ0) is 17.8. The summed E-state index contributed by atoms with van der Waals surface area (Å²) in [5, 5.41) is 0. The minimum Gasteiger partial charge on any atom is -0.0769 e. The second-order valence-corrected chi connectivity index (χ2v) is 9.69. The molecule has 0 N–H and O–H groups in total. The van der Waals surface area contributed by atoms with Gasteiger partial charge in [0.05, 0.1) is 7.85 Å². The van der Waals surface area contributed by atoms with Crippen LogP contribution in [0, 0.1) is 28.1 Å². The molecule has 0 rings (SSSR count). The Labute approximate surface area is 143 Å². The second-order valence-electron chi connectivity index (χ2n) is 9.69. The maximum Gasteiger partial charge on any atom is 0.0699 e. The van der Waals surface area contributed by atoms with Gasteiger partial charge in [-0.3, -0.25) is 0 Å². The van der Waals surface area contributed by atoms with Crippen molar-refractivity contribution in [3.8, 4) is 0 Å². The van der Waals surface area contributed by atoms with Crippen LogP contribution in [-0.4, -0.2) is 7.85 Å². The molecule has 0 aromatic rings. The van der Waals surface area contributed by atoms with Crippen molar-refractivity contribution in [2.24, 2.45) is 28.1 Å². The van der Waals surface area contributed by atoms with Crippen molar-refractivity contribution < 1.29 is 0 Å². The van der Waals surface area contributed by atoms with E-state index in [9.17, 15) is 0 Å². The highest BCUT2D eigenvalue weighted by Gasteiger charge is 2.47. The van der Waals surface area contributed by atoms with Gasteiger partial charge in [0, 0.05) is 0 Å². The molecule has 0 aliphatic heterocycles. The summed E-state index contributed by atoms with van der Waals surface area (Å²) < 4.78 is 0. The van der Waals surface area contributed by atoms with Crippen LogP contribution in [-0.2, 0) is 0 Å². The molecule has 1 heteroatoms. The molecule has 130 valence electrons. The Bertz CT molecular complexity index is 316. The molecule has 3 atom stereocenters. The van der Waals surface area contributed by atoms with Gasteiger partial charge in [0.25, 0.3) is 0 Å². The monoisotopic (exact) mass is 306 g/mol. The first-order chi connectivity index (χ1) is 9.84. The van der Waals surface area contributed by atoms with Crippen molar-refractivity contribution in [3.63, 3.8) is 0 Å². The Morgan fingerprint density at radius 1 is 0.864 bits per heavy atom. The summed E-state index contributed by atoms with van der Waals surface area (Å²) in [6.45, 7) is 24.1. The molecule has 0 aliphatic carbocycles. The summed E-state index contributed by atoms with van der Waals surface area (Å²) in [5.41, 5.74) is 0.941. The number of rotatable bonds is 10. The number of hydrogen-bond acceptors (Lipinski definition) is 0. The Hall–Kier alpha value is 0.0649. The molecule has 0 amide bonds. The molecule has 0 aliphatic rings. The lowest BCUT2D eigenvalue weighted by Crippen LogP contribution is -2.45. The van der Waals surface area contributed by atoms with Crippen molar-refractivity contribution >= 4 is 7.85 Å². The zero-order valence-corrected chi connectivity index (χ0v) is 17.3. The molecule has 0 aromatic heterocycles. The van der Waals surface area contributed by atoms with Crippen molar-refractivity contribution in [1.82, 2.24) is 0 Å². The van der Waals surface area contributed by atoms with E-state index in [0.717, 1.165) is 18.8 Å². The molecular weight excluding hydrogens is 263 g/mol. The third-order valence-electron chi connectivity index (χ3n) is 6.99. The van der Waals surface area contributed by atoms with E-state index in [4.69, 9.17) is 7.85 Å². The fourth-order valence-electron chi connectivity index (χ4n) is 4.41. The van der Waals surface area contributed by atoms with Crippen LogP contribution >= 0.6 is 0 Å². The lowest BCUT2D eigenvalue weighted by molar-refractivity contribution is -0.0382. The highest BCUT2D eigenvalue weighted by Crippen LogP contribution is 2.56. The van der Waals surface area contributed by atoms with Crippen LogP contribution < -0.4 is 0 Å². The summed E-state index contributed by atoms with van der Waals surface area (Å²) in [4.78, 5) is 0. The summed E-state index contributed by atoms with van der Waals surface area (Å²) in [5.74, 6) is 1.77. The molecule has 22 heavy (non-hydrogen) atoms. The van der Waals surface area contributed by atoms with Gasteiger partial charge < -0.3 is 0 Å². The van der Waals surface area contributed by atoms with Gasteiger partial charge in [-0.25, -0.2) is 0 Å². The Morgan fingerprint density at radius 2 is 1.36 bits per heavy atom. The normalized spacial score (nSPS) is 19.0. The second kappa shape index (κ2) is 8.25. The summed E-state index contributed by atoms with van der Waals surface area (Å²) >= 11 is 0. The summed E-state index contributed by atoms with van der Waals surface area (Å²) in [7, 11) is 6.39. The van der Waals surface area contributed by atoms with Crippen molar-refractivity contribution in [3.05, 3.63) is 0 Å². The van der Waals surface area contributed by atoms with Crippen LogP contribution in [0.1, 0.15) is 101 Å². The molecule has 0 saturated carbocycles. The van der Waals surface area contributed by atoms with E-state index in [2.05, 4.69) is 69.2 Å². The third kappa shape index (κ3) is 5.31. The quantitative estimate of drug-likeness (QED) is 0.372. The highest BCUT2D eigenvalue weighted by atomic mass is 14.5. The zero-order valence-electron chi connectivity index (χ0n) is 17.3. The summed E-state index contributed by atoms with van der Waals surface area (Å²) in [6.07, 6.45) is 6.02. The smallest absolute Gasteiger partial charge is 0.0699 e. The fraction of sp³-hybridized carbons (Fsp3) is 1.00. The van der Waals surface area contributed by atoms with Gasteiger partial charge in [0.1, 0.15) is 0 Å². The molecule has 3 unspecified atom stereocenters. The van der Waals surface area contributed by atoms with Crippen molar-refractivity contribution in [2.45, 2.75) is 107 Å². The molecule has 0 aromatic carbocycles. The van der Waals surface area contributed by atoms with Gasteiger partial charge in [-0.2, -0.15) is 0 Å². The Kier molecular flexibility index (Phi) is 8.27. The van der Waals surface area contributed by atoms with Gasteiger partial charge in [0.2, 0.25) is 0 Å². The van der Waals surface area contributed by atoms with Crippen molar-refractivity contribution in [1.29, 1.82) is 0 Å². The predicted molar refractivity (Wildman–Crippen MR) is 104 cm³/mol. The van der Waals surface area contributed by atoms with Crippen LogP contribution in [0.3, 0.4) is 0 Å². The van der Waals surface area contributed by atoms with Crippen LogP contribution in [0.4, 0.5) is 0 Å². The van der Waals surface area contributed by atoms with E-state index >= 15 is 0 Å². The molecule has 0 saturated heterocycles.